The molecule has 0 aromatic rings. The molecular weight excluding hydrogens is 186 g/mol. The first kappa shape index (κ1) is 13.0. The molecule has 2 heteroatoms. The fourth-order valence-corrected chi connectivity index (χ4v) is 2.31. The first-order chi connectivity index (χ1) is 7.24. The van der Waals surface area contributed by atoms with Gasteiger partial charge in [-0.15, -0.1) is 0 Å². The van der Waals surface area contributed by atoms with Crippen molar-refractivity contribution in [3.8, 4) is 0 Å². The van der Waals surface area contributed by atoms with Crippen molar-refractivity contribution in [2.45, 2.75) is 52.5 Å². The van der Waals surface area contributed by atoms with Gasteiger partial charge in [0.1, 0.15) is 0 Å². The second-order valence-corrected chi connectivity index (χ2v) is 5.13. The third kappa shape index (κ3) is 4.98. The van der Waals surface area contributed by atoms with Gasteiger partial charge in [-0.05, 0) is 44.1 Å². The Morgan fingerprint density at radius 3 is 2.73 bits per heavy atom. The topological polar surface area (TPSA) is 21.3 Å². The van der Waals surface area contributed by atoms with Crippen LogP contribution >= 0.6 is 0 Å². The molecule has 1 saturated heterocycles. The highest BCUT2D eigenvalue weighted by Crippen LogP contribution is 2.18. The SMILES string of the molecule is CCC(NCCCC(C)C)C1CCOC1. The summed E-state index contributed by atoms with van der Waals surface area (Å²) in [6.45, 7) is 9.97. The van der Waals surface area contributed by atoms with Gasteiger partial charge in [0.15, 0.2) is 0 Å². The lowest BCUT2D eigenvalue weighted by Gasteiger charge is -2.22. The second kappa shape index (κ2) is 7.24. The average Bonchev–Trinajstić information content (AvgIpc) is 2.70. The first-order valence-electron chi connectivity index (χ1n) is 6.55. The smallest absolute Gasteiger partial charge is 0.0509 e. The van der Waals surface area contributed by atoms with Crippen LogP contribution in [0.3, 0.4) is 0 Å². The summed E-state index contributed by atoms with van der Waals surface area (Å²) in [4.78, 5) is 0. The molecule has 0 aromatic heterocycles. The molecule has 0 aliphatic carbocycles. The second-order valence-electron chi connectivity index (χ2n) is 5.13. The molecule has 1 N–H and O–H groups in total. The van der Waals surface area contributed by atoms with Crippen LogP contribution in [0.4, 0.5) is 0 Å². The highest BCUT2D eigenvalue weighted by molar-refractivity contribution is 4.78. The third-order valence-corrected chi connectivity index (χ3v) is 3.34. The summed E-state index contributed by atoms with van der Waals surface area (Å²) >= 11 is 0. The van der Waals surface area contributed by atoms with E-state index in [1.54, 1.807) is 0 Å². The molecule has 1 rings (SSSR count). The van der Waals surface area contributed by atoms with E-state index >= 15 is 0 Å². The molecular formula is C13H27NO. The van der Waals surface area contributed by atoms with Crippen molar-refractivity contribution in [3.63, 3.8) is 0 Å². The molecule has 90 valence electrons. The van der Waals surface area contributed by atoms with Crippen molar-refractivity contribution in [3.05, 3.63) is 0 Å². The molecule has 0 bridgehead atoms. The number of rotatable bonds is 7. The van der Waals surface area contributed by atoms with Crippen molar-refractivity contribution < 1.29 is 4.74 Å². The molecule has 2 atom stereocenters. The lowest BCUT2D eigenvalue weighted by molar-refractivity contribution is 0.175. The van der Waals surface area contributed by atoms with Crippen LogP contribution < -0.4 is 5.32 Å². The van der Waals surface area contributed by atoms with Gasteiger partial charge in [0, 0.05) is 12.6 Å². The third-order valence-electron chi connectivity index (χ3n) is 3.34. The van der Waals surface area contributed by atoms with E-state index in [2.05, 4.69) is 26.1 Å². The summed E-state index contributed by atoms with van der Waals surface area (Å²) < 4.78 is 5.44. The maximum Gasteiger partial charge on any atom is 0.0509 e. The van der Waals surface area contributed by atoms with Gasteiger partial charge < -0.3 is 10.1 Å². The number of nitrogens with one attached hydrogen (secondary N) is 1. The maximum absolute atomic E-state index is 5.44. The van der Waals surface area contributed by atoms with Crippen LogP contribution in [-0.2, 0) is 4.74 Å². The van der Waals surface area contributed by atoms with Crippen LogP contribution in [-0.4, -0.2) is 25.8 Å². The van der Waals surface area contributed by atoms with Gasteiger partial charge in [0.2, 0.25) is 0 Å². The van der Waals surface area contributed by atoms with E-state index < -0.39 is 0 Å². The van der Waals surface area contributed by atoms with Gasteiger partial charge in [-0.25, -0.2) is 0 Å². The molecule has 1 heterocycles. The minimum Gasteiger partial charge on any atom is -0.381 e. The fraction of sp³-hybridized carbons (Fsp3) is 1.00. The Bertz CT molecular complexity index is 153. The highest BCUT2D eigenvalue weighted by Gasteiger charge is 2.23. The van der Waals surface area contributed by atoms with Crippen molar-refractivity contribution in [2.75, 3.05) is 19.8 Å². The van der Waals surface area contributed by atoms with Crippen LogP contribution in [0.2, 0.25) is 0 Å². The Hall–Kier alpha value is -0.0800. The predicted molar refractivity (Wildman–Crippen MR) is 65.1 cm³/mol. The summed E-state index contributed by atoms with van der Waals surface area (Å²) in [6, 6.07) is 0.680. The molecule has 1 aliphatic rings. The molecule has 0 radical (unpaired) electrons. The zero-order valence-corrected chi connectivity index (χ0v) is 10.6. The molecule has 2 unspecified atom stereocenters. The molecule has 0 saturated carbocycles. The van der Waals surface area contributed by atoms with Crippen LogP contribution in [0.15, 0.2) is 0 Å². The standard InChI is InChI=1S/C13H27NO/c1-4-13(12-7-9-15-10-12)14-8-5-6-11(2)3/h11-14H,4-10H2,1-3H3. The quantitative estimate of drug-likeness (QED) is 0.657. The molecule has 2 nitrogen and oxygen atoms in total. The zero-order chi connectivity index (χ0) is 11.1. The predicted octanol–water partition coefficient (Wildman–Crippen LogP) is 2.83. The Balaban J connectivity index is 2.10. The van der Waals surface area contributed by atoms with Crippen LogP contribution in [0.25, 0.3) is 0 Å². The minimum atomic E-state index is 0.680. The van der Waals surface area contributed by atoms with Crippen molar-refractivity contribution in [1.29, 1.82) is 0 Å². The summed E-state index contributed by atoms with van der Waals surface area (Å²) in [7, 11) is 0. The van der Waals surface area contributed by atoms with E-state index in [9.17, 15) is 0 Å². The summed E-state index contributed by atoms with van der Waals surface area (Å²) in [6.07, 6.45) is 5.12. The Morgan fingerprint density at radius 1 is 1.40 bits per heavy atom. The lowest BCUT2D eigenvalue weighted by Crippen LogP contribution is -2.36. The highest BCUT2D eigenvalue weighted by atomic mass is 16.5. The summed E-state index contributed by atoms with van der Waals surface area (Å²) in [5.41, 5.74) is 0. The molecule has 1 aliphatic heterocycles. The van der Waals surface area contributed by atoms with Gasteiger partial charge >= 0.3 is 0 Å². The van der Waals surface area contributed by atoms with Gasteiger partial charge in [0.25, 0.3) is 0 Å². The van der Waals surface area contributed by atoms with E-state index in [0.29, 0.717) is 6.04 Å². The van der Waals surface area contributed by atoms with E-state index in [1.165, 1.54) is 32.2 Å². The van der Waals surface area contributed by atoms with Gasteiger partial charge in [-0.2, -0.15) is 0 Å². The number of hydrogen-bond acceptors (Lipinski definition) is 2. The van der Waals surface area contributed by atoms with E-state index in [-0.39, 0.29) is 0 Å². The Labute approximate surface area is 94.8 Å². The van der Waals surface area contributed by atoms with Gasteiger partial charge in [0.05, 0.1) is 6.61 Å². The van der Waals surface area contributed by atoms with Gasteiger partial charge in [-0.1, -0.05) is 20.8 Å². The average molecular weight is 213 g/mol. The maximum atomic E-state index is 5.44. The van der Waals surface area contributed by atoms with Crippen molar-refractivity contribution in [1.82, 2.24) is 5.32 Å². The normalized spacial score (nSPS) is 23.6. The largest absolute Gasteiger partial charge is 0.381 e. The van der Waals surface area contributed by atoms with E-state index in [4.69, 9.17) is 4.74 Å². The van der Waals surface area contributed by atoms with E-state index in [0.717, 1.165) is 25.0 Å². The van der Waals surface area contributed by atoms with Gasteiger partial charge in [-0.3, -0.25) is 0 Å². The molecule has 15 heavy (non-hydrogen) atoms. The molecule has 0 amide bonds. The summed E-state index contributed by atoms with van der Waals surface area (Å²) in [5.74, 6) is 1.59. The number of hydrogen-bond donors (Lipinski definition) is 1. The number of ether oxygens (including phenoxy) is 1. The fourth-order valence-electron chi connectivity index (χ4n) is 2.31. The zero-order valence-electron chi connectivity index (χ0n) is 10.6. The van der Waals surface area contributed by atoms with E-state index in [1.807, 2.05) is 0 Å². The lowest BCUT2D eigenvalue weighted by atomic mass is 9.96. The van der Waals surface area contributed by atoms with Crippen LogP contribution in [0.1, 0.15) is 46.5 Å². The minimum absolute atomic E-state index is 0.680. The molecule has 1 fully saturated rings. The van der Waals surface area contributed by atoms with Crippen LogP contribution in [0, 0.1) is 11.8 Å². The molecule has 0 spiro atoms. The summed E-state index contributed by atoms with van der Waals surface area (Å²) in [5, 5.41) is 3.69. The monoisotopic (exact) mass is 213 g/mol. The van der Waals surface area contributed by atoms with Crippen molar-refractivity contribution in [2.24, 2.45) is 11.8 Å². The first-order valence-corrected chi connectivity index (χ1v) is 6.55. The Kier molecular flexibility index (Phi) is 6.26. The van der Waals surface area contributed by atoms with Crippen LogP contribution in [0.5, 0.6) is 0 Å². The van der Waals surface area contributed by atoms with Crippen molar-refractivity contribution >= 4 is 0 Å². The molecule has 0 aromatic carbocycles. The Morgan fingerprint density at radius 2 is 2.20 bits per heavy atom.